The first-order valence-electron chi connectivity index (χ1n) is 6.08. The molecule has 1 unspecified atom stereocenters. The van der Waals surface area contributed by atoms with Crippen molar-refractivity contribution < 1.29 is 4.74 Å². The van der Waals surface area contributed by atoms with E-state index in [9.17, 15) is 0 Å². The summed E-state index contributed by atoms with van der Waals surface area (Å²) in [6.45, 7) is 13.1. The molecule has 0 aromatic carbocycles. The van der Waals surface area contributed by atoms with Crippen LogP contribution in [0.5, 0.6) is 0 Å². The third-order valence-corrected chi connectivity index (χ3v) is 2.21. The molecule has 0 saturated heterocycles. The second-order valence-electron chi connectivity index (χ2n) is 4.54. The molecule has 0 heterocycles. The number of rotatable bonds is 10. The lowest BCUT2D eigenvalue weighted by molar-refractivity contribution is 0.107. The van der Waals surface area contributed by atoms with Crippen molar-refractivity contribution in [2.75, 3.05) is 19.8 Å². The summed E-state index contributed by atoms with van der Waals surface area (Å²) in [6, 6.07) is 0.591. The van der Waals surface area contributed by atoms with E-state index in [-0.39, 0.29) is 0 Å². The van der Waals surface area contributed by atoms with Gasteiger partial charge < -0.3 is 10.1 Å². The predicted molar refractivity (Wildman–Crippen MR) is 67.2 cm³/mol. The highest BCUT2D eigenvalue weighted by Crippen LogP contribution is 1.97. The Morgan fingerprint density at radius 2 is 2.07 bits per heavy atom. The Bertz CT molecular complexity index is 145. The molecule has 0 fully saturated rings. The Kier molecular flexibility index (Phi) is 9.96. The van der Waals surface area contributed by atoms with Gasteiger partial charge in [0.05, 0.1) is 0 Å². The molecule has 2 nitrogen and oxygen atoms in total. The van der Waals surface area contributed by atoms with E-state index in [4.69, 9.17) is 4.74 Å². The van der Waals surface area contributed by atoms with Crippen LogP contribution in [0.2, 0.25) is 0 Å². The van der Waals surface area contributed by atoms with Crippen LogP contribution in [-0.4, -0.2) is 25.8 Å². The molecule has 0 radical (unpaired) electrons. The molecule has 0 saturated carbocycles. The first-order valence-corrected chi connectivity index (χ1v) is 6.08. The highest BCUT2D eigenvalue weighted by Gasteiger charge is 1.99. The Hall–Kier alpha value is -0.340. The molecule has 0 spiro atoms. The molecule has 0 aliphatic heterocycles. The van der Waals surface area contributed by atoms with Gasteiger partial charge in [-0.1, -0.05) is 19.9 Å². The zero-order valence-electron chi connectivity index (χ0n) is 10.6. The van der Waals surface area contributed by atoms with Gasteiger partial charge in [0.25, 0.3) is 0 Å². The molecule has 0 aromatic heterocycles. The van der Waals surface area contributed by atoms with Gasteiger partial charge in [-0.3, -0.25) is 0 Å². The van der Waals surface area contributed by atoms with Gasteiger partial charge in [0.2, 0.25) is 0 Å². The molecule has 0 bridgehead atoms. The zero-order valence-corrected chi connectivity index (χ0v) is 10.6. The van der Waals surface area contributed by atoms with E-state index >= 15 is 0 Å². The maximum atomic E-state index is 5.50. The average molecular weight is 213 g/mol. The van der Waals surface area contributed by atoms with Crippen LogP contribution < -0.4 is 5.32 Å². The molecule has 90 valence electrons. The maximum Gasteiger partial charge on any atom is 0.0489 e. The lowest BCUT2D eigenvalue weighted by Crippen LogP contribution is -2.27. The largest absolute Gasteiger partial charge is 0.381 e. The van der Waals surface area contributed by atoms with Gasteiger partial charge in [-0.05, 0) is 38.6 Å². The van der Waals surface area contributed by atoms with Crippen LogP contribution in [0, 0.1) is 5.92 Å². The minimum absolute atomic E-state index is 0.591. The minimum Gasteiger partial charge on any atom is -0.381 e. The number of hydrogen-bond acceptors (Lipinski definition) is 2. The Labute approximate surface area is 95.1 Å². The quantitative estimate of drug-likeness (QED) is 0.445. The standard InChI is InChI=1S/C13H27NO/c1-5-6-8-13(4)14-9-7-10-15-11-12(2)3/h5,12-14H,1,6-11H2,2-4H3. The van der Waals surface area contributed by atoms with E-state index in [1.54, 1.807) is 0 Å². The van der Waals surface area contributed by atoms with Crippen molar-refractivity contribution in [3.05, 3.63) is 12.7 Å². The van der Waals surface area contributed by atoms with Gasteiger partial charge in [-0.2, -0.15) is 0 Å². The lowest BCUT2D eigenvalue weighted by Gasteiger charge is -2.12. The van der Waals surface area contributed by atoms with Gasteiger partial charge in [0, 0.05) is 19.3 Å². The fourth-order valence-corrected chi connectivity index (χ4v) is 1.31. The van der Waals surface area contributed by atoms with Crippen molar-refractivity contribution in [3.63, 3.8) is 0 Å². The van der Waals surface area contributed by atoms with E-state index in [1.807, 2.05) is 6.08 Å². The average Bonchev–Trinajstić information content (AvgIpc) is 2.19. The molecule has 0 aromatic rings. The summed E-state index contributed by atoms with van der Waals surface area (Å²) >= 11 is 0. The molecule has 0 amide bonds. The topological polar surface area (TPSA) is 21.3 Å². The van der Waals surface area contributed by atoms with Gasteiger partial charge in [-0.25, -0.2) is 0 Å². The summed E-state index contributed by atoms with van der Waals surface area (Å²) in [6.07, 6.45) is 5.35. The van der Waals surface area contributed by atoms with Gasteiger partial charge in [0.1, 0.15) is 0 Å². The highest BCUT2D eigenvalue weighted by molar-refractivity contribution is 4.70. The van der Waals surface area contributed by atoms with E-state index in [0.717, 1.165) is 32.6 Å². The third-order valence-electron chi connectivity index (χ3n) is 2.21. The first-order chi connectivity index (χ1) is 7.16. The summed E-state index contributed by atoms with van der Waals surface area (Å²) in [5, 5.41) is 3.48. The van der Waals surface area contributed by atoms with Crippen LogP contribution in [0.1, 0.15) is 40.0 Å². The molecule has 0 aliphatic carbocycles. The lowest BCUT2D eigenvalue weighted by atomic mass is 10.2. The van der Waals surface area contributed by atoms with Crippen molar-refractivity contribution in [2.45, 2.75) is 46.1 Å². The summed E-state index contributed by atoms with van der Waals surface area (Å²) in [4.78, 5) is 0. The Morgan fingerprint density at radius 3 is 2.67 bits per heavy atom. The molecular weight excluding hydrogens is 186 g/mol. The smallest absolute Gasteiger partial charge is 0.0489 e. The van der Waals surface area contributed by atoms with Crippen LogP contribution in [-0.2, 0) is 4.74 Å². The van der Waals surface area contributed by atoms with Crippen LogP contribution in [0.25, 0.3) is 0 Å². The van der Waals surface area contributed by atoms with Crippen LogP contribution in [0.15, 0.2) is 12.7 Å². The molecule has 0 rings (SSSR count). The van der Waals surface area contributed by atoms with Crippen molar-refractivity contribution in [2.24, 2.45) is 5.92 Å². The summed E-state index contributed by atoms with van der Waals surface area (Å²) in [7, 11) is 0. The SMILES string of the molecule is C=CCCC(C)NCCCOCC(C)C. The fraction of sp³-hybridized carbons (Fsp3) is 0.846. The van der Waals surface area contributed by atoms with Crippen LogP contribution >= 0.6 is 0 Å². The van der Waals surface area contributed by atoms with Crippen molar-refractivity contribution >= 4 is 0 Å². The summed E-state index contributed by atoms with van der Waals surface area (Å²) in [5.41, 5.74) is 0. The summed E-state index contributed by atoms with van der Waals surface area (Å²) in [5.74, 6) is 0.643. The Morgan fingerprint density at radius 1 is 1.33 bits per heavy atom. The zero-order chi connectivity index (χ0) is 11.5. The second kappa shape index (κ2) is 10.2. The molecule has 2 heteroatoms. The first kappa shape index (κ1) is 14.7. The number of nitrogens with one attached hydrogen (secondary N) is 1. The van der Waals surface area contributed by atoms with Crippen molar-refractivity contribution in [1.29, 1.82) is 0 Å². The van der Waals surface area contributed by atoms with E-state index in [1.165, 1.54) is 6.42 Å². The van der Waals surface area contributed by atoms with Crippen LogP contribution in [0.4, 0.5) is 0 Å². The van der Waals surface area contributed by atoms with Gasteiger partial charge >= 0.3 is 0 Å². The third kappa shape index (κ3) is 11.6. The Balaban J connectivity index is 3.12. The number of ether oxygens (including phenoxy) is 1. The molecule has 0 aliphatic rings. The second-order valence-corrected chi connectivity index (χ2v) is 4.54. The van der Waals surface area contributed by atoms with Gasteiger partial charge in [0.15, 0.2) is 0 Å². The molecule has 1 atom stereocenters. The highest BCUT2D eigenvalue weighted by atomic mass is 16.5. The molecule has 15 heavy (non-hydrogen) atoms. The van der Waals surface area contributed by atoms with Gasteiger partial charge in [-0.15, -0.1) is 6.58 Å². The molecular formula is C13H27NO. The predicted octanol–water partition coefficient (Wildman–Crippen LogP) is 2.99. The normalized spacial score (nSPS) is 13.1. The maximum absolute atomic E-state index is 5.50. The van der Waals surface area contributed by atoms with Crippen molar-refractivity contribution in [1.82, 2.24) is 5.32 Å². The monoisotopic (exact) mass is 213 g/mol. The molecule has 1 N–H and O–H groups in total. The number of allylic oxidation sites excluding steroid dienone is 1. The minimum atomic E-state index is 0.591. The van der Waals surface area contributed by atoms with E-state index in [0.29, 0.717) is 12.0 Å². The summed E-state index contributed by atoms with van der Waals surface area (Å²) < 4.78 is 5.50. The van der Waals surface area contributed by atoms with E-state index < -0.39 is 0 Å². The number of hydrogen-bond donors (Lipinski definition) is 1. The van der Waals surface area contributed by atoms with E-state index in [2.05, 4.69) is 32.7 Å². The van der Waals surface area contributed by atoms with Crippen molar-refractivity contribution in [3.8, 4) is 0 Å². The van der Waals surface area contributed by atoms with Crippen LogP contribution in [0.3, 0.4) is 0 Å². The fourth-order valence-electron chi connectivity index (χ4n) is 1.31.